The van der Waals surface area contributed by atoms with Gasteiger partial charge in [-0.05, 0) is 49.7 Å². The van der Waals surface area contributed by atoms with Crippen molar-refractivity contribution >= 4 is 5.97 Å². The molecule has 2 bridgehead atoms. The first kappa shape index (κ1) is 20.7. The molecule has 0 amide bonds. The van der Waals surface area contributed by atoms with Gasteiger partial charge in [0.15, 0.2) is 23.7 Å². The molecule has 2 aromatic carbocycles. The number of esters is 1. The van der Waals surface area contributed by atoms with E-state index in [0.717, 1.165) is 17.7 Å². The Morgan fingerprint density at radius 2 is 2.03 bits per heavy atom. The summed E-state index contributed by atoms with van der Waals surface area (Å²) in [5.74, 6) is 0.802. The molecule has 172 valence electrons. The van der Waals surface area contributed by atoms with Crippen molar-refractivity contribution in [3.63, 3.8) is 0 Å². The van der Waals surface area contributed by atoms with Crippen LogP contribution in [0.3, 0.4) is 0 Å². The maximum atomic E-state index is 12.9. The lowest BCUT2D eigenvalue weighted by atomic mass is 9.50. The molecule has 7 heteroatoms. The van der Waals surface area contributed by atoms with E-state index >= 15 is 0 Å². The number of nitrogens with zero attached hydrogens (tertiary/aromatic N) is 1. The molecule has 2 aromatic rings. The van der Waals surface area contributed by atoms with Gasteiger partial charge in [0.25, 0.3) is 0 Å². The van der Waals surface area contributed by atoms with Crippen LogP contribution in [0.15, 0.2) is 54.3 Å². The first-order chi connectivity index (χ1) is 15.9. The molecule has 7 nitrogen and oxygen atoms in total. The third-order valence-corrected chi connectivity index (χ3v) is 8.11. The second-order valence-corrected chi connectivity index (χ2v) is 9.52. The number of hydrogen-bond acceptors (Lipinski definition) is 7. The van der Waals surface area contributed by atoms with Gasteiger partial charge in [0, 0.05) is 18.0 Å². The maximum absolute atomic E-state index is 12.9. The van der Waals surface area contributed by atoms with Gasteiger partial charge in [0.1, 0.15) is 5.76 Å². The minimum atomic E-state index is -1.41. The number of likely N-dealkylation sites (tertiary alicyclic amines) is 1. The van der Waals surface area contributed by atoms with E-state index in [1.165, 1.54) is 0 Å². The molecule has 1 unspecified atom stereocenters. The summed E-state index contributed by atoms with van der Waals surface area (Å²) in [6.45, 7) is 0.788. The largest absolute Gasteiger partial charge is 0.493 e. The van der Waals surface area contributed by atoms with Gasteiger partial charge in [-0.1, -0.05) is 36.4 Å². The van der Waals surface area contributed by atoms with Gasteiger partial charge >= 0.3 is 5.97 Å². The molecule has 2 aliphatic heterocycles. The normalized spacial score (nSPS) is 32.3. The number of ether oxygens (including phenoxy) is 3. The Kier molecular flexibility index (Phi) is 4.43. The molecule has 1 saturated heterocycles. The smallest absolute Gasteiger partial charge is 0.344 e. The lowest BCUT2D eigenvalue weighted by Gasteiger charge is -2.61. The number of piperidine rings is 1. The van der Waals surface area contributed by atoms with E-state index in [0.29, 0.717) is 42.1 Å². The number of rotatable bonds is 4. The number of methoxy groups -OCH3 is 1. The molecule has 6 rings (SSSR count). The summed E-state index contributed by atoms with van der Waals surface area (Å²) in [4.78, 5) is 15.1. The summed E-state index contributed by atoms with van der Waals surface area (Å²) >= 11 is 0. The van der Waals surface area contributed by atoms with Gasteiger partial charge in [-0.25, -0.2) is 4.79 Å². The Labute approximate surface area is 192 Å². The van der Waals surface area contributed by atoms with E-state index in [1.54, 1.807) is 37.5 Å². The van der Waals surface area contributed by atoms with Crippen molar-refractivity contribution in [2.24, 2.45) is 0 Å². The van der Waals surface area contributed by atoms with Gasteiger partial charge in [-0.3, -0.25) is 0 Å². The van der Waals surface area contributed by atoms with E-state index in [9.17, 15) is 15.0 Å². The topological polar surface area (TPSA) is 88.5 Å². The van der Waals surface area contributed by atoms with E-state index in [4.69, 9.17) is 14.2 Å². The summed E-state index contributed by atoms with van der Waals surface area (Å²) in [6.07, 6.45) is 1.38. The number of carbonyl (C=O) groups excluding carboxylic acids is 1. The molecule has 2 N–H and O–H groups in total. The van der Waals surface area contributed by atoms with Crippen LogP contribution in [0.25, 0.3) is 0 Å². The van der Waals surface area contributed by atoms with Crippen molar-refractivity contribution in [2.45, 2.75) is 48.5 Å². The molecule has 1 fully saturated rings. The van der Waals surface area contributed by atoms with Gasteiger partial charge in [0.05, 0.1) is 18.1 Å². The van der Waals surface area contributed by atoms with Crippen LogP contribution in [0.4, 0.5) is 0 Å². The van der Waals surface area contributed by atoms with Gasteiger partial charge in [-0.15, -0.1) is 0 Å². The van der Waals surface area contributed by atoms with Crippen LogP contribution < -0.4 is 9.47 Å². The second-order valence-electron chi connectivity index (χ2n) is 9.52. The second kappa shape index (κ2) is 7.06. The predicted molar refractivity (Wildman–Crippen MR) is 119 cm³/mol. The zero-order chi connectivity index (χ0) is 23.0. The number of aliphatic hydroxyl groups excluding tert-OH is 1. The molecule has 2 heterocycles. The molecule has 33 heavy (non-hydrogen) atoms. The molecule has 1 spiro atoms. The summed E-state index contributed by atoms with van der Waals surface area (Å²) in [6, 6.07) is 12.6. The van der Waals surface area contributed by atoms with Crippen molar-refractivity contribution < 1.29 is 29.2 Å². The third-order valence-electron chi connectivity index (χ3n) is 8.11. The molecule has 0 radical (unpaired) electrons. The Balaban J connectivity index is 1.44. The van der Waals surface area contributed by atoms with Crippen molar-refractivity contribution in [2.75, 3.05) is 20.7 Å². The van der Waals surface area contributed by atoms with E-state index in [-0.39, 0.29) is 6.04 Å². The average molecular weight is 450 g/mol. The molecule has 0 aromatic heterocycles. The highest BCUT2D eigenvalue weighted by Crippen LogP contribution is 2.65. The first-order valence-electron chi connectivity index (χ1n) is 11.3. The van der Waals surface area contributed by atoms with Crippen LogP contribution in [0.5, 0.6) is 11.5 Å². The fourth-order valence-corrected chi connectivity index (χ4v) is 6.53. The Morgan fingerprint density at radius 3 is 2.79 bits per heavy atom. The van der Waals surface area contributed by atoms with E-state index in [1.807, 2.05) is 19.2 Å². The van der Waals surface area contributed by atoms with Gasteiger partial charge in [-0.2, -0.15) is 0 Å². The lowest BCUT2D eigenvalue weighted by Crippen LogP contribution is -2.74. The zero-order valence-corrected chi connectivity index (χ0v) is 18.7. The van der Waals surface area contributed by atoms with Gasteiger partial charge < -0.3 is 29.3 Å². The van der Waals surface area contributed by atoms with Crippen molar-refractivity contribution in [1.29, 1.82) is 0 Å². The van der Waals surface area contributed by atoms with Crippen molar-refractivity contribution in [3.05, 3.63) is 71.0 Å². The SMILES string of the molecule is COc1ccc2c3c1O[C@H]1C(OC(=O)[C@H](O)c4ccccc4)=CC[C@]4(O)C(C2)N(C)CC[C@]314. The highest BCUT2D eigenvalue weighted by atomic mass is 16.6. The highest BCUT2D eigenvalue weighted by Gasteiger charge is 2.72. The molecule has 4 aliphatic rings. The number of carbonyl (C=O) groups is 1. The zero-order valence-electron chi connectivity index (χ0n) is 18.7. The Hall–Kier alpha value is -2.87. The summed E-state index contributed by atoms with van der Waals surface area (Å²) in [5, 5.41) is 22.8. The molecule has 0 saturated carbocycles. The number of benzene rings is 2. The van der Waals surface area contributed by atoms with E-state index < -0.39 is 29.2 Å². The first-order valence-corrected chi connectivity index (χ1v) is 11.3. The van der Waals surface area contributed by atoms with Crippen molar-refractivity contribution in [1.82, 2.24) is 4.90 Å². The number of aliphatic hydroxyl groups is 2. The third kappa shape index (κ3) is 2.58. The minimum absolute atomic E-state index is 0.0763. The van der Waals surface area contributed by atoms with Crippen LogP contribution in [0.2, 0.25) is 0 Å². The monoisotopic (exact) mass is 449 g/mol. The maximum Gasteiger partial charge on any atom is 0.344 e. The van der Waals surface area contributed by atoms with Gasteiger partial charge in [0.2, 0.25) is 0 Å². The highest BCUT2D eigenvalue weighted by molar-refractivity contribution is 5.77. The fourth-order valence-electron chi connectivity index (χ4n) is 6.53. The van der Waals surface area contributed by atoms with Crippen molar-refractivity contribution in [3.8, 4) is 11.5 Å². The number of likely N-dealkylation sites (N-methyl/N-ethyl adjacent to an activating group) is 1. The molecular weight excluding hydrogens is 422 g/mol. The molecule has 2 aliphatic carbocycles. The summed E-state index contributed by atoms with van der Waals surface area (Å²) in [7, 11) is 3.64. The Bertz CT molecular complexity index is 1160. The minimum Gasteiger partial charge on any atom is -0.493 e. The quantitative estimate of drug-likeness (QED) is 0.692. The van der Waals surface area contributed by atoms with Crippen LogP contribution in [-0.4, -0.2) is 59.5 Å². The Morgan fingerprint density at radius 1 is 1.24 bits per heavy atom. The standard InChI is InChI=1S/C26H27NO6/c1-27-13-12-25-20-16-8-9-17(31-2)22(20)33-23(25)18(10-11-26(25,30)19(27)14-16)32-24(29)21(28)15-6-4-3-5-7-15/h3-10,19,21,23,28,30H,11-14H2,1-2H3/t19?,21-,23+,25+,26+/m1/s1. The molecular formula is C26H27NO6. The number of hydrogen-bond donors (Lipinski definition) is 2. The summed E-state index contributed by atoms with van der Waals surface area (Å²) < 4.78 is 17.8. The molecule has 5 atom stereocenters. The predicted octanol–water partition coefficient (Wildman–Crippen LogP) is 2.25. The van der Waals surface area contributed by atoms with E-state index in [2.05, 4.69) is 11.0 Å². The lowest BCUT2D eigenvalue weighted by molar-refractivity contribution is -0.172. The summed E-state index contributed by atoms with van der Waals surface area (Å²) in [5.41, 5.74) is 0.757. The van der Waals surface area contributed by atoms with Crippen LogP contribution in [0.1, 0.15) is 35.6 Å². The van der Waals surface area contributed by atoms with Crippen LogP contribution in [0, 0.1) is 0 Å². The van der Waals surface area contributed by atoms with Crippen LogP contribution >= 0.6 is 0 Å². The fraction of sp³-hybridized carbons (Fsp3) is 0.423. The average Bonchev–Trinajstić information content (AvgIpc) is 3.19. The van der Waals surface area contributed by atoms with Crippen LogP contribution in [-0.2, 0) is 21.4 Å².